The Morgan fingerprint density at radius 3 is 2.69 bits per heavy atom. The lowest BCUT2D eigenvalue weighted by Crippen LogP contribution is -2.18. The highest BCUT2D eigenvalue weighted by Gasteiger charge is 2.13. The van der Waals surface area contributed by atoms with Crippen molar-refractivity contribution in [2.45, 2.75) is 6.92 Å². The first-order valence-corrected chi connectivity index (χ1v) is 8.49. The summed E-state index contributed by atoms with van der Waals surface area (Å²) in [6, 6.07) is 10.5. The molecule has 29 heavy (non-hydrogen) atoms. The van der Waals surface area contributed by atoms with Crippen LogP contribution in [0, 0.1) is 6.92 Å². The summed E-state index contributed by atoms with van der Waals surface area (Å²) >= 11 is 0. The topological polar surface area (TPSA) is 137 Å². The minimum Gasteiger partial charge on any atom is -0.504 e. The van der Waals surface area contributed by atoms with Crippen molar-refractivity contribution in [2.24, 2.45) is 5.10 Å². The van der Waals surface area contributed by atoms with Crippen LogP contribution in [0.5, 0.6) is 17.2 Å². The van der Waals surface area contributed by atoms with Gasteiger partial charge >= 0.3 is 5.63 Å². The van der Waals surface area contributed by atoms with E-state index in [9.17, 15) is 24.9 Å². The fourth-order valence-electron chi connectivity index (χ4n) is 3.00. The summed E-state index contributed by atoms with van der Waals surface area (Å²) in [5, 5.41) is 32.7. The Bertz CT molecular complexity index is 1370. The van der Waals surface area contributed by atoms with Gasteiger partial charge in [0.05, 0.1) is 17.1 Å². The van der Waals surface area contributed by atoms with Gasteiger partial charge in [0.2, 0.25) is 11.5 Å². The number of phenols is 3. The molecule has 2 aromatic heterocycles. The van der Waals surface area contributed by atoms with Crippen LogP contribution in [0.15, 0.2) is 56.8 Å². The number of benzene rings is 2. The highest BCUT2D eigenvalue weighted by Crippen LogP contribution is 2.36. The molecule has 1 amide bonds. The van der Waals surface area contributed by atoms with Gasteiger partial charge in [-0.05, 0) is 43.3 Å². The Labute approximate surface area is 162 Å². The van der Waals surface area contributed by atoms with Gasteiger partial charge in [-0.2, -0.15) is 5.10 Å². The molecular formula is C20H15N3O6. The van der Waals surface area contributed by atoms with Crippen molar-refractivity contribution >= 4 is 28.7 Å². The fraction of sp³-hybridized carbons (Fsp3) is 0.0500. The Hall–Kier alpha value is -4.27. The molecule has 2 aromatic carbocycles. The predicted octanol–water partition coefficient (Wildman–Crippen LogP) is 2.23. The van der Waals surface area contributed by atoms with Gasteiger partial charge in [-0.3, -0.25) is 9.20 Å². The van der Waals surface area contributed by atoms with Gasteiger partial charge in [-0.1, -0.05) is 0 Å². The second kappa shape index (κ2) is 6.71. The zero-order valence-electron chi connectivity index (χ0n) is 15.1. The van der Waals surface area contributed by atoms with Crippen LogP contribution >= 0.6 is 0 Å². The maximum absolute atomic E-state index is 12.4. The van der Waals surface area contributed by atoms with E-state index in [4.69, 9.17) is 4.42 Å². The lowest BCUT2D eigenvalue weighted by atomic mass is 10.1. The molecular weight excluding hydrogens is 378 g/mol. The van der Waals surface area contributed by atoms with Crippen LogP contribution in [0.1, 0.15) is 21.6 Å². The summed E-state index contributed by atoms with van der Waals surface area (Å²) in [5.74, 6) is -2.27. The molecule has 4 aromatic rings. The summed E-state index contributed by atoms with van der Waals surface area (Å²) in [6.45, 7) is 1.85. The predicted molar refractivity (Wildman–Crippen MR) is 105 cm³/mol. The number of amides is 1. The van der Waals surface area contributed by atoms with Crippen LogP contribution in [0.25, 0.3) is 16.6 Å². The van der Waals surface area contributed by atoms with Gasteiger partial charge in [-0.25, -0.2) is 10.2 Å². The zero-order valence-corrected chi connectivity index (χ0v) is 15.1. The van der Waals surface area contributed by atoms with Gasteiger partial charge in [0.15, 0.2) is 11.5 Å². The van der Waals surface area contributed by atoms with E-state index < -0.39 is 28.8 Å². The lowest BCUT2D eigenvalue weighted by molar-refractivity contribution is 0.0955. The van der Waals surface area contributed by atoms with Crippen molar-refractivity contribution in [1.29, 1.82) is 0 Å². The first-order chi connectivity index (χ1) is 13.9. The molecule has 0 saturated heterocycles. The van der Waals surface area contributed by atoms with Gasteiger partial charge in [-0.15, -0.1) is 0 Å². The molecule has 0 spiro atoms. The van der Waals surface area contributed by atoms with E-state index in [1.54, 1.807) is 22.6 Å². The largest absolute Gasteiger partial charge is 0.504 e. The monoisotopic (exact) mass is 393 g/mol. The molecule has 146 valence electrons. The first-order valence-electron chi connectivity index (χ1n) is 8.49. The second-order valence-corrected chi connectivity index (χ2v) is 6.34. The van der Waals surface area contributed by atoms with Crippen LogP contribution in [0.4, 0.5) is 0 Å². The molecule has 0 aliphatic carbocycles. The number of nitrogens with zero attached hydrogens (tertiary/aromatic N) is 2. The van der Waals surface area contributed by atoms with Gasteiger partial charge in [0.1, 0.15) is 0 Å². The molecule has 0 aliphatic heterocycles. The van der Waals surface area contributed by atoms with Crippen molar-refractivity contribution in [3.05, 3.63) is 69.7 Å². The molecule has 0 unspecified atom stereocenters. The summed E-state index contributed by atoms with van der Waals surface area (Å²) in [7, 11) is 0. The number of rotatable bonds is 3. The maximum atomic E-state index is 12.4. The fourth-order valence-corrected chi connectivity index (χ4v) is 3.00. The third-order valence-electron chi connectivity index (χ3n) is 4.49. The molecule has 0 fully saturated rings. The second-order valence-electron chi connectivity index (χ2n) is 6.34. The molecule has 9 nitrogen and oxygen atoms in total. The number of aryl methyl sites for hydroxylation is 1. The Balaban J connectivity index is 1.66. The SMILES string of the molecule is Cc1ccc2oc(=O)c3ccc(C(=O)N/N=C/c4ccc(O)c(O)c4O)cc3n12. The highest BCUT2D eigenvalue weighted by molar-refractivity contribution is 5.98. The standard InChI is InChI=1S/C20H15N3O6/c1-10-2-7-16-23(10)14-8-11(3-5-13(14)20(28)29-16)19(27)22-21-9-12-4-6-15(24)18(26)17(12)25/h2-9,24-26H,1H3,(H,22,27)/b21-9+. The molecule has 0 bridgehead atoms. The summed E-state index contributed by atoms with van der Waals surface area (Å²) in [6.07, 6.45) is 1.12. The number of carbonyl (C=O) groups is 1. The minimum atomic E-state index is -0.681. The Morgan fingerprint density at radius 1 is 1.10 bits per heavy atom. The summed E-state index contributed by atoms with van der Waals surface area (Å²) in [5.41, 5.74) is 3.90. The number of aromatic nitrogens is 1. The smallest absolute Gasteiger partial charge is 0.346 e. The molecule has 0 radical (unpaired) electrons. The number of hydrogen-bond acceptors (Lipinski definition) is 7. The van der Waals surface area contributed by atoms with E-state index in [-0.39, 0.29) is 11.1 Å². The zero-order chi connectivity index (χ0) is 20.7. The van der Waals surface area contributed by atoms with E-state index in [1.165, 1.54) is 24.3 Å². The van der Waals surface area contributed by atoms with Crippen LogP contribution < -0.4 is 11.1 Å². The third-order valence-corrected chi connectivity index (χ3v) is 4.49. The van der Waals surface area contributed by atoms with Gasteiger partial charge < -0.3 is 19.7 Å². The summed E-state index contributed by atoms with van der Waals surface area (Å²) < 4.78 is 6.99. The molecule has 4 rings (SSSR count). The molecule has 2 heterocycles. The number of carbonyl (C=O) groups excluding carboxylic acids is 1. The van der Waals surface area contributed by atoms with E-state index >= 15 is 0 Å². The molecule has 9 heteroatoms. The average Bonchev–Trinajstić information content (AvgIpc) is 3.08. The Kier molecular flexibility index (Phi) is 4.19. The average molecular weight is 393 g/mol. The number of hydrogen-bond donors (Lipinski definition) is 4. The molecule has 0 aliphatic rings. The first kappa shape index (κ1) is 18.1. The molecule has 4 N–H and O–H groups in total. The van der Waals surface area contributed by atoms with E-state index in [0.717, 1.165) is 11.9 Å². The number of phenolic OH excluding ortho intramolecular Hbond substituents is 3. The van der Waals surface area contributed by atoms with Crippen LogP contribution in [0.2, 0.25) is 0 Å². The normalized spacial score (nSPS) is 11.5. The van der Waals surface area contributed by atoms with Crippen molar-refractivity contribution in [3.63, 3.8) is 0 Å². The summed E-state index contributed by atoms with van der Waals surface area (Å²) in [4.78, 5) is 24.6. The number of hydrazone groups is 1. The third kappa shape index (κ3) is 3.04. The number of aromatic hydroxyl groups is 3. The van der Waals surface area contributed by atoms with Gasteiger partial charge in [0, 0.05) is 22.9 Å². The van der Waals surface area contributed by atoms with Crippen molar-refractivity contribution in [3.8, 4) is 17.2 Å². The quantitative estimate of drug-likeness (QED) is 0.239. The molecule has 0 saturated carbocycles. The van der Waals surface area contributed by atoms with Crippen molar-refractivity contribution < 1.29 is 24.5 Å². The highest BCUT2D eigenvalue weighted by atomic mass is 16.4. The van der Waals surface area contributed by atoms with Crippen molar-refractivity contribution in [2.75, 3.05) is 0 Å². The van der Waals surface area contributed by atoms with E-state index in [0.29, 0.717) is 16.6 Å². The van der Waals surface area contributed by atoms with Crippen molar-refractivity contribution in [1.82, 2.24) is 9.83 Å². The molecule has 0 atom stereocenters. The number of fused-ring (bicyclic) bond motifs is 3. The van der Waals surface area contributed by atoms with Gasteiger partial charge in [0.25, 0.3) is 5.91 Å². The number of nitrogens with one attached hydrogen (secondary N) is 1. The van der Waals surface area contributed by atoms with E-state index in [2.05, 4.69) is 10.5 Å². The Morgan fingerprint density at radius 2 is 1.90 bits per heavy atom. The lowest BCUT2D eigenvalue weighted by Gasteiger charge is -2.06. The van der Waals surface area contributed by atoms with Crippen LogP contribution in [0.3, 0.4) is 0 Å². The van der Waals surface area contributed by atoms with E-state index in [1.807, 2.05) is 6.92 Å². The minimum absolute atomic E-state index is 0.0985. The maximum Gasteiger partial charge on any atom is 0.346 e. The van der Waals surface area contributed by atoms with Crippen LogP contribution in [-0.4, -0.2) is 31.8 Å². The van der Waals surface area contributed by atoms with Crippen LogP contribution in [-0.2, 0) is 0 Å².